The third-order valence-electron chi connectivity index (χ3n) is 2.71. The largest absolute Gasteiger partial charge is 2.00 e. The van der Waals surface area contributed by atoms with Crippen LogP contribution in [0, 0.1) is 0 Å². The van der Waals surface area contributed by atoms with E-state index in [-0.39, 0.29) is 49.0 Å². The predicted molar refractivity (Wildman–Crippen MR) is 79.5 cm³/mol. The molecule has 12 heteroatoms. The molecule has 0 saturated carbocycles. The molecule has 1 amide bonds. The van der Waals surface area contributed by atoms with Gasteiger partial charge in [-0.05, 0) is 6.92 Å². The summed E-state index contributed by atoms with van der Waals surface area (Å²) in [6.45, 7) is -0.816. The molecule has 0 heterocycles. The van der Waals surface area contributed by atoms with Gasteiger partial charge < -0.3 is 20.6 Å². The van der Waals surface area contributed by atoms with Crippen LogP contribution in [0.25, 0.3) is 0 Å². The molecule has 25 heavy (non-hydrogen) atoms. The van der Waals surface area contributed by atoms with Crippen molar-refractivity contribution in [2.45, 2.75) is 6.92 Å². The Morgan fingerprint density at radius 2 is 1.12 bits per heavy atom. The number of carboxylic acid groups (broad SMARTS) is 3. The Kier molecular flexibility index (Phi) is 13.4. The number of Topliss-reactive ketones (excluding diaryl/α,β-unsaturated/α-hetero) is 1. The zero-order valence-corrected chi connectivity index (χ0v) is 14.7. The number of nitrogens with zero attached hydrogens (tertiary/aromatic N) is 2. The van der Waals surface area contributed by atoms with E-state index in [1.807, 2.05) is 0 Å². The van der Waals surface area contributed by atoms with Crippen LogP contribution in [0.15, 0.2) is 0 Å². The van der Waals surface area contributed by atoms with E-state index in [9.17, 15) is 24.0 Å². The second kappa shape index (κ2) is 13.3. The number of amides is 1. The van der Waals surface area contributed by atoms with E-state index in [4.69, 9.17) is 15.3 Å². The Morgan fingerprint density at radius 1 is 0.760 bits per heavy atom. The van der Waals surface area contributed by atoms with Crippen molar-refractivity contribution < 1.29 is 56.4 Å². The van der Waals surface area contributed by atoms with E-state index in [2.05, 4.69) is 5.32 Å². The Bertz CT molecular complexity index is 484. The average molecular weight is 403 g/mol. The van der Waals surface area contributed by atoms with Gasteiger partial charge >= 0.3 is 35.0 Å². The first kappa shape index (κ1) is 25.2. The molecule has 0 aromatic rings. The first-order valence-electron chi connectivity index (χ1n) is 6.96. The smallest absolute Gasteiger partial charge is 0.480 e. The standard InChI is InChI=1S/C13H21N3O8.Fe/c1-9(17)4-14-10(18)5-15(6-11(19)20)2-3-16(7-12(21)22)8-13(23)24;/h2-8H2,1H3,(H,14,18)(H,19,20)(H,21,22)(H,23,24);/q;+2. The SMILES string of the molecule is CC(=O)CNC(=O)CN(CCN(CC(=O)O)CC(=O)O)CC(=O)O.[Fe+2]. The molecule has 0 aliphatic heterocycles. The second-order valence-electron chi connectivity index (χ2n) is 5.08. The maximum absolute atomic E-state index is 11.6. The number of hydrogen-bond acceptors (Lipinski definition) is 7. The van der Waals surface area contributed by atoms with E-state index in [1.165, 1.54) is 11.8 Å². The van der Waals surface area contributed by atoms with Crippen molar-refractivity contribution in [1.82, 2.24) is 15.1 Å². The maximum Gasteiger partial charge on any atom is 2.00 e. The van der Waals surface area contributed by atoms with Gasteiger partial charge in [-0.25, -0.2) is 0 Å². The molecular formula is C13H21FeN3O8+2. The van der Waals surface area contributed by atoms with Gasteiger partial charge in [0.15, 0.2) is 0 Å². The molecule has 0 aliphatic carbocycles. The van der Waals surface area contributed by atoms with Crippen molar-refractivity contribution in [3.05, 3.63) is 0 Å². The van der Waals surface area contributed by atoms with Crippen LogP contribution in [0.2, 0.25) is 0 Å². The average Bonchev–Trinajstić information content (AvgIpc) is 2.40. The Morgan fingerprint density at radius 3 is 1.44 bits per heavy atom. The molecule has 142 valence electrons. The number of ketones is 1. The molecule has 0 rings (SSSR count). The van der Waals surface area contributed by atoms with Crippen molar-refractivity contribution in [3.8, 4) is 0 Å². The first-order valence-corrected chi connectivity index (χ1v) is 6.96. The zero-order valence-electron chi connectivity index (χ0n) is 13.6. The molecular weight excluding hydrogens is 382 g/mol. The Balaban J connectivity index is 0. The van der Waals surface area contributed by atoms with Crippen molar-refractivity contribution >= 4 is 29.6 Å². The van der Waals surface area contributed by atoms with Crippen LogP contribution >= 0.6 is 0 Å². The number of carbonyl (C=O) groups is 5. The summed E-state index contributed by atoms with van der Waals surface area (Å²) in [6, 6.07) is 0. The van der Waals surface area contributed by atoms with Gasteiger partial charge in [0.2, 0.25) is 5.91 Å². The molecule has 0 spiro atoms. The molecule has 0 saturated heterocycles. The van der Waals surface area contributed by atoms with Gasteiger partial charge in [0.25, 0.3) is 0 Å². The molecule has 0 bridgehead atoms. The van der Waals surface area contributed by atoms with Crippen molar-refractivity contribution in [2.24, 2.45) is 0 Å². The topological polar surface area (TPSA) is 165 Å². The summed E-state index contributed by atoms with van der Waals surface area (Å²) in [5.41, 5.74) is 0. The Labute approximate surface area is 154 Å². The fraction of sp³-hybridized carbons (Fsp3) is 0.615. The van der Waals surface area contributed by atoms with Crippen molar-refractivity contribution in [3.63, 3.8) is 0 Å². The van der Waals surface area contributed by atoms with Gasteiger partial charge in [0, 0.05) is 13.1 Å². The van der Waals surface area contributed by atoms with Gasteiger partial charge in [-0.15, -0.1) is 0 Å². The summed E-state index contributed by atoms with van der Waals surface area (Å²) in [4.78, 5) is 57.0. The van der Waals surface area contributed by atoms with Crippen LogP contribution in [-0.2, 0) is 41.0 Å². The minimum absolute atomic E-state index is 0. The summed E-state index contributed by atoms with van der Waals surface area (Å²) in [7, 11) is 0. The van der Waals surface area contributed by atoms with Crippen LogP contribution < -0.4 is 5.32 Å². The zero-order chi connectivity index (χ0) is 18.7. The van der Waals surface area contributed by atoms with Crippen molar-refractivity contribution in [2.75, 3.05) is 45.8 Å². The molecule has 0 atom stereocenters. The van der Waals surface area contributed by atoms with E-state index in [0.29, 0.717) is 0 Å². The predicted octanol–water partition coefficient (Wildman–Crippen LogP) is -2.45. The maximum atomic E-state index is 11.6. The van der Waals surface area contributed by atoms with Gasteiger partial charge in [-0.2, -0.15) is 0 Å². The van der Waals surface area contributed by atoms with E-state index in [0.717, 1.165) is 4.90 Å². The fourth-order valence-electron chi connectivity index (χ4n) is 1.77. The summed E-state index contributed by atoms with van der Waals surface area (Å²) in [6.07, 6.45) is 0. The Hall–Kier alpha value is -2.01. The number of rotatable bonds is 13. The molecule has 0 aliphatic rings. The van der Waals surface area contributed by atoms with E-state index in [1.54, 1.807) is 0 Å². The van der Waals surface area contributed by atoms with Crippen LogP contribution in [0.5, 0.6) is 0 Å². The third-order valence-corrected chi connectivity index (χ3v) is 2.71. The summed E-state index contributed by atoms with van der Waals surface area (Å²) in [5.74, 6) is -4.46. The number of aliphatic carboxylic acids is 3. The minimum Gasteiger partial charge on any atom is -0.480 e. The normalized spacial score (nSPS) is 10.2. The number of hydrogen-bond donors (Lipinski definition) is 4. The van der Waals surface area contributed by atoms with Crippen molar-refractivity contribution in [1.29, 1.82) is 0 Å². The number of carbonyl (C=O) groups excluding carboxylic acids is 2. The fourth-order valence-corrected chi connectivity index (χ4v) is 1.77. The summed E-state index contributed by atoms with van der Waals surface area (Å²) < 4.78 is 0. The van der Waals surface area contributed by atoms with Gasteiger partial charge in [0.05, 0.1) is 32.7 Å². The monoisotopic (exact) mass is 403 g/mol. The van der Waals surface area contributed by atoms with Crippen LogP contribution in [0.1, 0.15) is 6.92 Å². The molecule has 4 N–H and O–H groups in total. The van der Waals surface area contributed by atoms with Crippen LogP contribution in [-0.4, -0.2) is 101 Å². The van der Waals surface area contributed by atoms with E-state index < -0.39 is 43.4 Å². The first-order chi connectivity index (χ1) is 11.1. The van der Waals surface area contributed by atoms with Gasteiger partial charge in [-0.1, -0.05) is 0 Å². The number of carboxylic acids is 3. The van der Waals surface area contributed by atoms with Crippen LogP contribution in [0.4, 0.5) is 0 Å². The summed E-state index contributed by atoms with van der Waals surface area (Å²) >= 11 is 0. The quantitative estimate of drug-likeness (QED) is 0.243. The molecule has 11 nitrogen and oxygen atoms in total. The second-order valence-corrected chi connectivity index (χ2v) is 5.08. The number of nitrogens with one attached hydrogen (secondary N) is 1. The summed E-state index contributed by atoms with van der Waals surface area (Å²) in [5, 5.41) is 28.6. The molecule has 0 fully saturated rings. The molecule has 0 unspecified atom stereocenters. The minimum atomic E-state index is -1.22. The van der Waals surface area contributed by atoms with E-state index >= 15 is 0 Å². The van der Waals surface area contributed by atoms with Gasteiger partial charge in [0.1, 0.15) is 5.78 Å². The molecule has 0 aromatic carbocycles. The van der Waals surface area contributed by atoms with Gasteiger partial charge in [-0.3, -0.25) is 33.8 Å². The molecule has 0 aromatic heterocycles. The molecule has 0 radical (unpaired) electrons. The van der Waals surface area contributed by atoms with Crippen LogP contribution in [0.3, 0.4) is 0 Å². The third kappa shape index (κ3) is 15.3.